The van der Waals surface area contributed by atoms with Crippen LogP contribution in [0.1, 0.15) is 10.4 Å². The molecule has 0 bridgehead atoms. The molecule has 0 spiro atoms. The average molecular weight is 337 g/mol. The summed E-state index contributed by atoms with van der Waals surface area (Å²) in [6, 6.07) is 4.43. The number of alkyl halides is 1. The van der Waals surface area contributed by atoms with Crippen molar-refractivity contribution in [1.82, 2.24) is 4.90 Å². The molecule has 2 rings (SSSR count). The van der Waals surface area contributed by atoms with Crippen molar-refractivity contribution in [2.45, 2.75) is 6.10 Å². The molecule has 0 aromatic heterocycles. The second-order valence-electron chi connectivity index (χ2n) is 4.00. The van der Waals surface area contributed by atoms with Gasteiger partial charge in [-0.3, -0.25) is 4.79 Å². The summed E-state index contributed by atoms with van der Waals surface area (Å²) in [6.45, 7) is 1.39. The Morgan fingerprint density at radius 3 is 3.11 bits per heavy atom. The maximum absolute atomic E-state index is 13.4. The first kappa shape index (κ1) is 13.8. The van der Waals surface area contributed by atoms with Gasteiger partial charge in [-0.2, -0.15) is 0 Å². The lowest BCUT2D eigenvalue weighted by Crippen LogP contribution is -2.46. The van der Waals surface area contributed by atoms with Gasteiger partial charge in [-0.15, -0.1) is 11.6 Å². The molecule has 1 aliphatic heterocycles. The highest BCUT2D eigenvalue weighted by atomic mass is 79.9. The van der Waals surface area contributed by atoms with E-state index >= 15 is 0 Å². The molecule has 0 N–H and O–H groups in total. The number of ether oxygens (including phenoxy) is 1. The molecule has 98 valence electrons. The molecule has 0 aliphatic carbocycles. The Morgan fingerprint density at radius 1 is 1.61 bits per heavy atom. The molecule has 1 aromatic rings. The predicted octanol–water partition coefficient (Wildman–Crippen LogP) is 2.67. The molecular weight excluding hydrogens is 324 g/mol. The van der Waals surface area contributed by atoms with E-state index in [-0.39, 0.29) is 16.5 Å². The van der Waals surface area contributed by atoms with Crippen molar-refractivity contribution in [3.63, 3.8) is 0 Å². The van der Waals surface area contributed by atoms with Crippen LogP contribution in [0.15, 0.2) is 22.7 Å². The SMILES string of the molecule is O=C(c1cccc(F)c1Br)N1CCOC(CCl)C1. The molecule has 1 aliphatic rings. The fourth-order valence-corrected chi connectivity index (χ4v) is 2.46. The molecule has 1 amide bonds. The van der Waals surface area contributed by atoms with Gasteiger partial charge < -0.3 is 9.64 Å². The molecule has 1 unspecified atom stereocenters. The number of rotatable bonds is 2. The van der Waals surface area contributed by atoms with Crippen molar-refractivity contribution >= 4 is 33.4 Å². The molecule has 6 heteroatoms. The largest absolute Gasteiger partial charge is 0.373 e. The van der Waals surface area contributed by atoms with Gasteiger partial charge in [0, 0.05) is 13.1 Å². The number of hydrogen-bond donors (Lipinski definition) is 0. The third-order valence-electron chi connectivity index (χ3n) is 2.78. The van der Waals surface area contributed by atoms with E-state index < -0.39 is 5.82 Å². The lowest BCUT2D eigenvalue weighted by atomic mass is 10.1. The van der Waals surface area contributed by atoms with Gasteiger partial charge in [0.2, 0.25) is 0 Å². The van der Waals surface area contributed by atoms with Crippen molar-refractivity contribution in [2.75, 3.05) is 25.6 Å². The monoisotopic (exact) mass is 335 g/mol. The average Bonchev–Trinajstić information content (AvgIpc) is 2.41. The summed E-state index contributed by atoms with van der Waals surface area (Å²) in [5.41, 5.74) is 0.324. The van der Waals surface area contributed by atoms with Crippen LogP contribution in [-0.4, -0.2) is 42.5 Å². The number of hydrogen-bond acceptors (Lipinski definition) is 2. The van der Waals surface area contributed by atoms with Crippen LogP contribution in [0, 0.1) is 5.82 Å². The van der Waals surface area contributed by atoms with E-state index in [0.29, 0.717) is 31.1 Å². The van der Waals surface area contributed by atoms with Crippen LogP contribution in [0.5, 0.6) is 0 Å². The lowest BCUT2D eigenvalue weighted by Gasteiger charge is -2.32. The van der Waals surface area contributed by atoms with E-state index in [2.05, 4.69) is 15.9 Å². The van der Waals surface area contributed by atoms with Crippen molar-refractivity contribution in [1.29, 1.82) is 0 Å². The summed E-state index contributed by atoms with van der Waals surface area (Å²) in [7, 11) is 0. The van der Waals surface area contributed by atoms with Gasteiger partial charge in [-0.25, -0.2) is 4.39 Å². The second-order valence-corrected chi connectivity index (χ2v) is 5.10. The van der Waals surface area contributed by atoms with Crippen LogP contribution >= 0.6 is 27.5 Å². The minimum atomic E-state index is -0.442. The van der Waals surface area contributed by atoms with Crippen LogP contribution in [0.4, 0.5) is 4.39 Å². The number of carbonyl (C=O) groups excluding carboxylic acids is 1. The maximum atomic E-state index is 13.4. The minimum absolute atomic E-state index is 0.156. The van der Waals surface area contributed by atoms with Gasteiger partial charge in [-0.1, -0.05) is 6.07 Å². The zero-order valence-electron chi connectivity index (χ0n) is 9.54. The molecule has 0 radical (unpaired) electrons. The number of amides is 1. The van der Waals surface area contributed by atoms with E-state index in [1.807, 2.05) is 0 Å². The van der Waals surface area contributed by atoms with Crippen LogP contribution in [0.2, 0.25) is 0 Å². The summed E-state index contributed by atoms with van der Waals surface area (Å²) in [6.07, 6.45) is -0.156. The van der Waals surface area contributed by atoms with E-state index in [4.69, 9.17) is 16.3 Å². The lowest BCUT2D eigenvalue weighted by molar-refractivity contribution is -0.0108. The first-order valence-corrected chi connectivity index (χ1v) is 6.87. The normalized spacial score (nSPS) is 19.9. The highest BCUT2D eigenvalue weighted by molar-refractivity contribution is 9.10. The smallest absolute Gasteiger partial charge is 0.255 e. The molecule has 0 saturated carbocycles. The zero-order valence-corrected chi connectivity index (χ0v) is 11.9. The van der Waals surface area contributed by atoms with E-state index in [9.17, 15) is 9.18 Å². The van der Waals surface area contributed by atoms with Crippen LogP contribution < -0.4 is 0 Å². The summed E-state index contributed by atoms with van der Waals surface area (Å²) >= 11 is 8.82. The molecule has 1 atom stereocenters. The predicted molar refractivity (Wildman–Crippen MR) is 70.5 cm³/mol. The highest BCUT2D eigenvalue weighted by Gasteiger charge is 2.26. The standard InChI is InChI=1S/C12H12BrClFNO2/c13-11-9(2-1-3-10(11)15)12(17)16-4-5-18-8(6-14)7-16/h1-3,8H,4-7H2. The molecule has 1 saturated heterocycles. The van der Waals surface area contributed by atoms with Crippen molar-refractivity contribution in [3.05, 3.63) is 34.1 Å². The molecule has 1 aromatic carbocycles. The van der Waals surface area contributed by atoms with Crippen molar-refractivity contribution < 1.29 is 13.9 Å². The summed E-state index contributed by atoms with van der Waals surface area (Å²) in [5.74, 6) is -0.309. The Morgan fingerprint density at radius 2 is 2.39 bits per heavy atom. The highest BCUT2D eigenvalue weighted by Crippen LogP contribution is 2.22. The third-order valence-corrected chi connectivity index (χ3v) is 3.93. The topological polar surface area (TPSA) is 29.5 Å². The van der Waals surface area contributed by atoms with Crippen molar-refractivity contribution in [2.24, 2.45) is 0 Å². The quantitative estimate of drug-likeness (QED) is 0.777. The van der Waals surface area contributed by atoms with Gasteiger partial charge in [0.05, 0.1) is 28.6 Å². The zero-order chi connectivity index (χ0) is 13.1. The summed E-state index contributed by atoms with van der Waals surface area (Å²) in [4.78, 5) is 13.9. The second kappa shape index (κ2) is 5.99. The Hall–Kier alpha value is -0.650. The number of benzene rings is 1. The third kappa shape index (κ3) is 2.84. The Labute approximate surface area is 118 Å². The number of halogens is 3. The molecular formula is C12H12BrClFNO2. The maximum Gasteiger partial charge on any atom is 0.255 e. The van der Waals surface area contributed by atoms with Gasteiger partial charge in [0.1, 0.15) is 5.82 Å². The van der Waals surface area contributed by atoms with Crippen LogP contribution in [0.25, 0.3) is 0 Å². The number of nitrogens with zero attached hydrogens (tertiary/aromatic N) is 1. The first-order chi connectivity index (χ1) is 8.63. The summed E-state index contributed by atoms with van der Waals surface area (Å²) in [5, 5.41) is 0. The minimum Gasteiger partial charge on any atom is -0.373 e. The fraction of sp³-hybridized carbons (Fsp3) is 0.417. The Balaban J connectivity index is 2.18. The van der Waals surface area contributed by atoms with Crippen LogP contribution in [0.3, 0.4) is 0 Å². The Bertz CT molecular complexity index is 458. The van der Waals surface area contributed by atoms with Gasteiger partial charge in [-0.05, 0) is 28.1 Å². The Kier molecular flexibility index (Phi) is 4.59. The molecule has 1 heterocycles. The van der Waals surface area contributed by atoms with E-state index in [0.717, 1.165) is 0 Å². The van der Waals surface area contributed by atoms with Gasteiger partial charge in [0.15, 0.2) is 0 Å². The van der Waals surface area contributed by atoms with Gasteiger partial charge >= 0.3 is 0 Å². The first-order valence-electron chi connectivity index (χ1n) is 5.54. The van der Waals surface area contributed by atoms with Gasteiger partial charge in [0.25, 0.3) is 5.91 Å². The molecule has 18 heavy (non-hydrogen) atoms. The van der Waals surface area contributed by atoms with E-state index in [1.54, 1.807) is 11.0 Å². The van der Waals surface area contributed by atoms with Crippen LogP contribution in [-0.2, 0) is 4.74 Å². The fourth-order valence-electron chi connectivity index (χ4n) is 1.84. The number of morpholine rings is 1. The number of carbonyl (C=O) groups is 1. The van der Waals surface area contributed by atoms with E-state index in [1.165, 1.54) is 12.1 Å². The summed E-state index contributed by atoms with van der Waals surface area (Å²) < 4.78 is 19.0. The van der Waals surface area contributed by atoms with Crippen molar-refractivity contribution in [3.8, 4) is 0 Å². The molecule has 1 fully saturated rings. The molecule has 3 nitrogen and oxygen atoms in total.